The van der Waals surface area contributed by atoms with Crippen LogP contribution in [-0.4, -0.2) is 16.8 Å². The zero-order valence-electron chi connectivity index (χ0n) is 13.5. The van der Waals surface area contributed by atoms with Gasteiger partial charge in [0.05, 0.1) is 24.8 Å². The number of nitrogens with one attached hydrogen (secondary N) is 2. The van der Waals surface area contributed by atoms with E-state index in [9.17, 15) is 9.59 Å². The highest BCUT2D eigenvalue weighted by molar-refractivity contribution is 7.13. The summed E-state index contributed by atoms with van der Waals surface area (Å²) in [5, 5.41) is 7.59. The maximum absolute atomic E-state index is 11.8. The van der Waals surface area contributed by atoms with Gasteiger partial charge in [-0.05, 0) is 36.4 Å². The molecule has 0 spiro atoms. The maximum Gasteiger partial charge on any atom is 0.250 e. The van der Waals surface area contributed by atoms with Gasteiger partial charge in [-0.2, -0.15) is 0 Å². The Balaban J connectivity index is 1.45. The molecule has 0 atom stereocenters. The molecule has 26 heavy (non-hydrogen) atoms. The van der Waals surface area contributed by atoms with Crippen molar-refractivity contribution in [3.05, 3.63) is 71.5 Å². The van der Waals surface area contributed by atoms with E-state index in [4.69, 9.17) is 8.83 Å². The SMILES string of the molecule is O=C(C=Cc1ccco1)NCc1csc(NC(=O)C=Cc2ccco2)n1. The van der Waals surface area contributed by atoms with E-state index in [0.29, 0.717) is 22.3 Å². The van der Waals surface area contributed by atoms with Crippen LogP contribution in [0.15, 0.2) is 63.2 Å². The Hall–Kier alpha value is -3.39. The summed E-state index contributed by atoms with van der Waals surface area (Å²) in [6.45, 7) is 0.260. The van der Waals surface area contributed by atoms with Crippen molar-refractivity contribution in [2.75, 3.05) is 5.32 Å². The van der Waals surface area contributed by atoms with Crippen LogP contribution < -0.4 is 10.6 Å². The van der Waals surface area contributed by atoms with Gasteiger partial charge in [0.1, 0.15) is 11.5 Å². The summed E-state index contributed by atoms with van der Waals surface area (Å²) in [4.78, 5) is 27.8. The molecule has 2 amide bonds. The third-order valence-corrected chi connectivity index (χ3v) is 3.92. The minimum Gasteiger partial charge on any atom is -0.465 e. The highest BCUT2D eigenvalue weighted by Gasteiger charge is 2.05. The number of carbonyl (C=O) groups excluding carboxylic acids is 2. The predicted octanol–water partition coefficient (Wildman–Crippen LogP) is 3.31. The van der Waals surface area contributed by atoms with Gasteiger partial charge in [0.15, 0.2) is 5.13 Å². The Morgan fingerprint density at radius 3 is 2.31 bits per heavy atom. The van der Waals surface area contributed by atoms with Gasteiger partial charge >= 0.3 is 0 Å². The molecule has 3 aromatic rings. The molecular weight excluding hydrogens is 354 g/mol. The van der Waals surface area contributed by atoms with E-state index >= 15 is 0 Å². The van der Waals surface area contributed by atoms with Crippen molar-refractivity contribution in [2.24, 2.45) is 0 Å². The quantitative estimate of drug-likeness (QED) is 0.623. The van der Waals surface area contributed by atoms with Crippen LogP contribution in [0.5, 0.6) is 0 Å². The fraction of sp³-hybridized carbons (Fsp3) is 0.0556. The zero-order valence-corrected chi connectivity index (χ0v) is 14.4. The van der Waals surface area contributed by atoms with Crippen LogP contribution in [0.1, 0.15) is 17.2 Å². The van der Waals surface area contributed by atoms with Crippen molar-refractivity contribution in [1.82, 2.24) is 10.3 Å². The molecule has 0 aliphatic heterocycles. The normalized spacial score (nSPS) is 11.2. The summed E-state index contributed by atoms with van der Waals surface area (Å²) in [6.07, 6.45) is 8.95. The molecule has 0 bridgehead atoms. The molecule has 7 nitrogen and oxygen atoms in total. The van der Waals surface area contributed by atoms with E-state index in [-0.39, 0.29) is 18.4 Å². The molecule has 0 radical (unpaired) electrons. The summed E-state index contributed by atoms with van der Waals surface area (Å²) < 4.78 is 10.2. The highest BCUT2D eigenvalue weighted by atomic mass is 32.1. The Bertz CT molecular complexity index is 908. The first-order valence-corrected chi connectivity index (χ1v) is 8.53. The van der Waals surface area contributed by atoms with E-state index in [1.165, 1.54) is 36.0 Å². The first-order valence-electron chi connectivity index (χ1n) is 7.65. The van der Waals surface area contributed by atoms with E-state index in [1.54, 1.807) is 41.8 Å². The lowest BCUT2D eigenvalue weighted by molar-refractivity contribution is -0.116. The lowest BCUT2D eigenvalue weighted by atomic mass is 10.4. The molecule has 0 aromatic carbocycles. The summed E-state index contributed by atoms with van der Waals surface area (Å²) in [7, 11) is 0. The van der Waals surface area contributed by atoms with Crippen molar-refractivity contribution in [2.45, 2.75) is 6.54 Å². The first kappa shape index (κ1) is 17.4. The second kappa shape index (κ2) is 8.63. The Morgan fingerprint density at radius 2 is 1.69 bits per heavy atom. The first-order chi connectivity index (χ1) is 12.7. The molecule has 0 fully saturated rings. The van der Waals surface area contributed by atoms with E-state index in [1.807, 2.05) is 0 Å². The van der Waals surface area contributed by atoms with Crippen LogP contribution >= 0.6 is 11.3 Å². The number of rotatable bonds is 7. The van der Waals surface area contributed by atoms with Crippen molar-refractivity contribution in [1.29, 1.82) is 0 Å². The number of carbonyl (C=O) groups is 2. The Kier molecular flexibility index (Phi) is 5.79. The van der Waals surface area contributed by atoms with Crippen LogP contribution in [-0.2, 0) is 16.1 Å². The van der Waals surface area contributed by atoms with Crippen LogP contribution in [0.4, 0.5) is 5.13 Å². The van der Waals surface area contributed by atoms with E-state index in [0.717, 1.165) is 0 Å². The minimum atomic E-state index is -0.312. The van der Waals surface area contributed by atoms with Crippen molar-refractivity contribution >= 4 is 40.4 Å². The van der Waals surface area contributed by atoms with Gasteiger partial charge in [0.25, 0.3) is 0 Å². The summed E-state index contributed by atoms with van der Waals surface area (Å²) in [5.41, 5.74) is 0.653. The van der Waals surface area contributed by atoms with Gasteiger partial charge in [-0.1, -0.05) is 0 Å². The molecule has 3 heterocycles. The summed E-state index contributed by atoms with van der Waals surface area (Å²) in [5.74, 6) is 0.612. The molecular formula is C18H15N3O4S. The molecule has 3 rings (SSSR count). The second-order valence-corrected chi connectivity index (χ2v) is 5.91. The third kappa shape index (κ3) is 5.32. The number of thiazole rings is 1. The number of hydrogen-bond donors (Lipinski definition) is 2. The largest absolute Gasteiger partial charge is 0.465 e. The van der Waals surface area contributed by atoms with Gasteiger partial charge in [0, 0.05) is 17.5 Å². The van der Waals surface area contributed by atoms with Gasteiger partial charge in [0.2, 0.25) is 11.8 Å². The lowest BCUT2D eigenvalue weighted by Gasteiger charge is -1.98. The van der Waals surface area contributed by atoms with Crippen LogP contribution in [0.25, 0.3) is 12.2 Å². The highest BCUT2D eigenvalue weighted by Crippen LogP contribution is 2.15. The van der Waals surface area contributed by atoms with Gasteiger partial charge in [-0.3, -0.25) is 14.9 Å². The monoisotopic (exact) mass is 369 g/mol. The zero-order chi connectivity index (χ0) is 18.2. The average Bonchev–Trinajstić information content (AvgIpc) is 3.39. The topological polar surface area (TPSA) is 97.4 Å². The third-order valence-electron chi connectivity index (χ3n) is 3.11. The maximum atomic E-state index is 11.8. The second-order valence-electron chi connectivity index (χ2n) is 5.05. The number of nitrogens with zero attached hydrogens (tertiary/aromatic N) is 1. The molecule has 3 aromatic heterocycles. The Labute approximate surface area is 153 Å². The van der Waals surface area contributed by atoms with Gasteiger partial charge in [-0.15, -0.1) is 11.3 Å². The standard InChI is InChI=1S/C18H15N3O4S/c22-16(7-5-14-3-1-9-24-14)19-11-13-12-26-18(20-13)21-17(23)8-6-15-4-2-10-25-15/h1-10,12H,11H2,(H,19,22)(H,20,21,23). The molecule has 0 aliphatic rings. The summed E-state index contributed by atoms with van der Waals surface area (Å²) >= 11 is 1.28. The fourth-order valence-electron chi connectivity index (χ4n) is 1.92. The van der Waals surface area contributed by atoms with Gasteiger partial charge < -0.3 is 14.2 Å². The molecule has 0 unspecified atom stereocenters. The number of aromatic nitrogens is 1. The molecule has 2 N–H and O–H groups in total. The smallest absolute Gasteiger partial charge is 0.250 e. The molecule has 8 heteroatoms. The van der Waals surface area contributed by atoms with Crippen molar-refractivity contribution < 1.29 is 18.4 Å². The van der Waals surface area contributed by atoms with Crippen LogP contribution in [0, 0.1) is 0 Å². The van der Waals surface area contributed by atoms with E-state index in [2.05, 4.69) is 15.6 Å². The fourth-order valence-corrected chi connectivity index (χ4v) is 2.63. The molecule has 132 valence electrons. The lowest BCUT2D eigenvalue weighted by Crippen LogP contribution is -2.20. The number of anilines is 1. The van der Waals surface area contributed by atoms with Crippen LogP contribution in [0.3, 0.4) is 0 Å². The average molecular weight is 369 g/mol. The number of amides is 2. The number of hydrogen-bond acceptors (Lipinski definition) is 6. The van der Waals surface area contributed by atoms with Crippen LogP contribution in [0.2, 0.25) is 0 Å². The van der Waals surface area contributed by atoms with E-state index < -0.39 is 0 Å². The Morgan fingerprint density at radius 1 is 1.04 bits per heavy atom. The molecule has 0 aliphatic carbocycles. The molecule has 0 saturated heterocycles. The van der Waals surface area contributed by atoms with Crippen molar-refractivity contribution in [3.8, 4) is 0 Å². The number of furan rings is 2. The van der Waals surface area contributed by atoms with Crippen molar-refractivity contribution in [3.63, 3.8) is 0 Å². The minimum absolute atomic E-state index is 0.260. The summed E-state index contributed by atoms with van der Waals surface area (Å²) in [6, 6.07) is 6.98. The molecule has 0 saturated carbocycles. The van der Waals surface area contributed by atoms with Gasteiger partial charge in [-0.25, -0.2) is 4.98 Å². The predicted molar refractivity (Wildman–Crippen MR) is 98.1 cm³/mol.